The summed E-state index contributed by atoms with van der Waals surface area (Å²) in [4.78, 5) is 6.88. The second-order valence-electron chi connectivity index (χ2n) is 5.86. The Labute approximate surface area is 168 Å². The number of pyridine rings is 2. The van der Waals surface area contributed by atoms with E-state index in [9.17, 15) is 34.8 Å². The van der Waals surface area contributed by atoms with Gasteiger partial charge in [-0.15, -0.1) is 0 Å². The molecule has 0 spiro atoms. The van der Waals surface area contributed by atoms with Crippen LogP contribution in [0.5, 0.6) is 0 Å². The molecule has 3 rings (SSSR count). The van der Waals surface area contributed by atoms with Crippen LogP contribution in [-0.4, -0.2) is 28.5 Å². The molecule has 0 saturated carbocycles. The highest BCUT2D eigenvalue weighted by molar-refractivity contribution is 9.10. The fourth-order valence-electron chi connectivity index (χ4n) is 2.51. The summed E-state index contributed by atoms with van der Waals surface area (Å²) in [6, 6.07) is 1.96. The Morgan fingerprint density at radius 3 is 2.21 bits per heavy atom. The number of nitrogens with zero attached hydrogens (tertiary/aromatic N) is 3. The van der Waals surface area contributed by atoms with Gasteiger partial charge in [-0.05, 0) is 34.1 Å². The minimum atomic E-state index is -4.83. The molecule has 13 heteroatoms. The summed E-state index contributed by atoms with van der Waals surface area (Å²) in [6.07, 6.45) is -7.97. The zero-order valence-corrected chi connectivity index (χ0v) is 16.7. The van der Waals surface area contributed by atoms with E-state index in [1.165, 1.54) is 11.3 Å². The first-order chi connectivity index (χ1) is 13.3. The summed E-state index contributed by atoms with van der Waals surface area (Å²) >= 11 is 3.11. The highest BCUT2D eigenvalue weighted by Gasteiger charge is 2.35. The molecular formula is C16H10BrF6N3O2S. The van der Waals surface area contributed by atoms with Crippen molar-refractivity contribution in [2.45, 2.75) is 24.2 Å². The number of fused-ring (bicyclic) bond motifs is 1. The van der Waals surface area contributed by atoms with E-state index in [0.29, 0.717) is 12.3 Å². The Morgan fingerprint density at radius 2 is 1.66 bits per heavy atom. The molecule has 0 atom stereocenters. The molecule has 0 amide bonds. The molecule has 0 aliphatic carbocycles. The van der Waals surface area contributed by atoms with Gasteiger partial charge in [-0.1, -0.05) is 6.92 Å². The summed E-state index contributed by atoms with van der Waals surface area (Å²) in [7, 11) is -4.16. The van der Waals surface area contributed by atoms with Gasteiger partial charge in [0.1, 0.15) is 21.6 Å². The molecule has 0 bridgehead atoms. The summed E-state index contributed by atoms with van der Waals surface area (Å²) in [5, 5.41) is 0. The summed E-state index contributed by atoms with van der Waals surface area (Å²) in [5.74, 6) is -0.508. The van der Waals surface area contributed by atoms with Crippen LogP contribution in [0.4, 0.5) is 26.3 Å². The minimum Gasteiger partial charge on any atom is -0.294 e. The summed E-state index contributed by atoms with van der Waals surface area (Å²) in [5.41, 5.74) is -3.05. The van der Waals surface area contributed by atoms with E-state index in [4.69, 9.17) is 0 Å². The number of rotatable bonds is 3. The third-order valence-corrected chi connectivity index (χ3v) is 6.51. The standard InChI is InChI=1S/C16H10BrF6N3O2S/c1-2-29(27,28)10-5-9(16(21,22)23)7-24-12(10)13-14(17)26-4-3-8(15(18,19)20)6-11(26)25-13/h3-7H,2H2,1H3. The molecule has 0 N–H and O–H groups in total. The number of alkyl halides is 6. The molecule has 29 heavy (non-hydrogen) atoms. The van der Waals surface area contributed by atoms with Gasteiger partial charge in [0, 0.05) is 12.4 Å². The first-order valence-corrected chi connectivity index (χ1v) is 10.3. The predicted octanol–water partition coefficient (Wildman–Crippen LogP) is 4.99. The molecule has 0 aliphatic rings. The third kappa shape index (κ3) is 3.97. The molecule has 5 nitrogen and oxygen atoms in total. The van der Waals surface area contributed by atoms with Crippen molar-refractivity contribution < 1.29 is 34.8 Å². The van der Waals surface area contributed by atoms with Gasteiger partial charge >= 0.3 is 12.4 Å². The molecule has 0 fully saturated rings. The molecule has 3 heterocycles. The first-order valence-electron chi connectivity index (χ1n) is 7.81. The molecular weight excluding hydrogens is 492 g/mol. The number of imidazole rings is 1. The summed E-state index contributed by atoms with van der Waals surface area (Å²) in [6.45, 7) is 1.24. The van der Waals surface area contributed by atoms with Crippen LogP contribution >= 0.6 is 15.9 Å². The second-order valence-corrected chi connectivity index (χ2v) is 8.86. The zero-order valence-electron chi connectivity index (χ0n) is 14.3. The van der Waals surface area contributed by atoms with E-state index < -0.39 is 49.7 Å². The lowest BCUT2D eigenvalue weighted by Crippen LogP contribution is -2.12. The molecule has 0 aromatic carbocycles. The maximum atomic E-state index is 13.0. The van der Waals surface area contributed by atoms with E-state index in [2.05, 4.69) is 25.9 Å². The smallest absolute Gasteiger partial charge is 0.294 e. The van der Waals surface area contributed by atoms with Crippen LogP contribution in [0.15, 0.2) is 40.1 Å². The van der Waals surface area contributed by atoms with Crippen molar-refractivity contribution in [3.63, 3.8) is 0 Å². The number of aromatic nitrogens is 3. The van der Waals surface area contributed by atoms with Gasteiger partial charge in [0.25, 0.3) is 0 Å². The van der Waals surface area contributed by atoms with Crippen molar-refractivity contribution in [3.05, 3.63) is 46.3 Å². The minimum absolute atomic E-state index is 0.0426. The fraction of sp³-hybridized carbons (Fsp3) is 0.250. The normalized spacial score (nSPS) is 13.2. The lowest BCUT2D eigenvalue weighted by molar-refractivity contribution is -0.138. The van der Waals surface area contributed by atoms with Gasteiger partial charge in [0.05, 0.1) is 21.8 Å². The van der Waals surface area contributed by atoms with Crippen molar-refractivity contribution in [2.75, 3.05) is 5.75 Å². The predicted molar refractivity (Wildman–Crippen MR) is 93.9 cm³/mol. The average Bonchev–Trinajstić information content (AvgIpc) is 2.96. The van der Waals surface area contributed by atoms with Gasteiger partial charge in [0.2, 0.25) is 0 Å². The van der Waals surface area contributed by atoms with E-state index in [-0.39, 0.29) is 15.9 Å². The van der Waals surface area contributed by atoms with Crippen LogP contribution in [0, 0.1) is 0 Å². The van der Waals surface area contributed by atoms with E-state index in [1.807, 2.05) is 0 Å². The van der Waals surface area contributed by atoms with Crippen LogP contribution in [-0.2, 0) is 22.2 Å². The van der Waals surface area contributed by atoms with Gasteiger partial charge < -0.3 is 0 Å². The lowest BCUT2D eigenvalue weighted by Gasteiger charge is -2.11. The van der Waals surface area contributed by atoms with E-state index in [1.54, 1.807) is 0 Å². The SMILES string of the molecule is CCS(=O)(=O)c1cc(C(F)(F)F)cnc1-c1nc2cc(C(F)(F)F)ccn2c1Br. The Balaban J connectivity index is 2.30. The fourth-order valence-corrected chi connectivity index (χ4v) is 4.15. The van der Waals surface area contributed by atoms with Crippen molar-refractivity contribution in [1.29, 1.82) is 0 Å². The van der Waals surface area contributed by atoms with Crippen molar-refractivity contribution in [2.24, 2.45) is 0 Å². The zero-order chi connectivity index (χ0) is 21.8. The molecule has 0 radical (unpaired) electrons. The van der Waals surface area contributed by atoms with Gasteiger partial charge in [-0.3, -0.25) is 9.38 Å². The maximum absolute atomic E-state index is 13.0. The molecule has 0 aliphatic heterocycles. The van der Waals surface area contributed by atoms with Crippen LogP contribution < -0.4 is 0 Å². The Hall–Kier alpha value is -2.15. The van der Waals surface area contributed by atoms with Crippen LogP contribution in [0.1, 0.15) is 18.1 Å². The highest BCUT2D eigenvalue weighted by Crippen LogP contribution is 2.37. The molecule has 0 saturated heterocycles. The Kier molecular flexibility index (Phi) is 5.18. The highest BCUT2D eigenvalue weighted by atomic mass is 79.9. The largest absolute Gasteiger partial charge is 0.417 e. The van der Waals surface area contributed by atoms with Crippen LogP contribution in [0.2, 0.25) is 0 Å². The van der Waals surface area contributed by atoms with Gasteiger partial charge in [-0.2, -0.15) is 26.3 Å². The monoisotopic (exact) mass is 501 g/mol. The lowest BCUT2D eigenvalue weighted by atomic mass is 10.2. The average molecular weight is 502 g/mol. The topological polar surface area (TPSA) is 64.3 Å². The van der Waals surface area contributed by atoms with Crippen molar-refractivity contribution in [1.82, 2.24) is 14.4 Å². The van der Waals surface area contributed by atoms with E-state index in [0.717, 1.165) is 18.3 Å². The second kappa shape index (κ2) is 6.97. The Morgan fingerprint density at radius 1 is 1.03 bits per heavy atom. The van der Waals surface area contributed by atoms with Crippen molar-refractivity contribution >= 4 is 31.4 Å². The number of sulfone groups is 1. The maximum Gasteiger partial charge on any atom is 0.417 e. The van der Waals surface area contributed by atoms with Crippen LogP contribution in [0.25, 0.3) is 17.0 Å². The van der Waals surface area contributed by atoms with Crippen LogP contribution in [0.3, 0.4) is 0 Å². The molecule has 156 valence electrons. The molecule has 3 aromatic heterocycles. The van der Waals surface area contributed by atoms with Gasteiger partial charge in [0.15, 0.2) is 9.84 Å². The molecule has 0 unspecified atom stereocenters. The van der Waals surface area contributed by atoms with E-state index >= 15 is 0 Å². The molecule has 3 aromatic rings. The third-order valence-electron chi connectivity index (χ3n) is 4.01. The number of hydrogen-bond donors (Lipinski definition) is 0. The Bertz CT molecular complexity index is 1200. The van der Waals surface area contributed by atoms with Gasteiger partial charge in [-0.25, -0.2) is 13.4 Å². The first kappa shape index (κ1) is 21.6. The number of halogens is 7. The summed E-state index contributed by atoms with van der Waals surface area (Å²) < 4.78 is 104. The van der Waals surface area contributed by atoms with Crippen molar-refractivity contribution in [3.8, 4) is 11.4 Å². The quantitative estimate of drug-likeness (QED) is 0.474. The number of hydrogen-bond acceptors (Lipinski definition) is 4.